The number of ether oxygens (including phenoxy) is 1. The van der Waals surface area contributed by atoms with Crippen molar-refractivity contribution in [3.63, 3.8) is 0 Å². The Labute approximate surface area is 119 Å². The summed E-state index contributed by atoms with van der Waals surface area (Å²) in [6, 6.07) is 18.5. The quantitative estimate of drug-likeness (QED) is 0.628. The van der Waals surface area contributed by atoms with Gasteiger partial charge in [-0.2, -0.15) is 0 Å². The van der Waals surface area contributed by atoms with Crippen LogP contribution in [-0.2, 0) is 9.53 Å². The average molecular weight is 323 g/mol. The minimum absolute atomic E-state index is 0.606. The van der Waals surface area contributed by atoms with Crippen molar-refractivity contribution in [1.29, 1.82) is 0 Å². The van der Waals surface area contributed by atoms with Crippen LogP contribution in [0.5, 0.6) is 0 Å². The fraction of sp³-hybridized carbons (Fsp3) is 0.133. The summed E-state index contributed by atoms with van der Waals surface area (Å²) in [5, 5.41) is -1.82. The van der Waals surface area contributed by atoms with Gasteiger partial charge in [0.15, 0.2) is 6.10 Å². The maximum Gasteiger partial charge on any atom is 0.352 e. The van der Waals surface area contributed by atoms with Gasteiger partial charge in [-0.1, -0.05) is 60.7 Å². The SMILES string of the molecule is O=C(OC(c1ccccc1)c1ccccc1)[C@H](F)Br. The molecule has 0 fully saturated rings. The van der Waals surface area contributed by atoms with Crippen molar-refractivity contribution in [3.8, 4) is 0 Å². The highest BCUT2D eigenvalue weighted by Crippen LogP contribution is 2.27. The van der Waals surface area contributed by atoms with Crippen molar-refractivity contribution < 1.29 is 13.9 Å². The second-order valence-corrected chi connectivity index (χ2v) is 4.74. The van der Waals surface area contributed by atoms with Gasteiger partial charge in [0.2, 0.25) is 0 Å². The molecule has 0 aromatic heterocycles. The first-order chi connectivity index (χ1) is 9.18. The number of rotatable bonds is 4. The summed E-state index contributed by atoms with van der Waals surface area (Å²) in [4.78, 5) is 11.5. The maximum atomic E-state index is 12.9. The first kappa shape index (κ1) is 13.7. The lowest BCUT2D eigenvalue weighted by Crippen LogP contribution is -2.17. The molecule has 2 aromatic carbocycles. The molecule has 0 aliphatic rings. The molecule has 0 saturated heterocycles. The maximum absolute atomic E-state index is 12.9. The average Bonchev–Trinajstić information content (AvgIpc) is 2.46. The molecule has 0 unspecified atom stereocenters. The lowest BCUT2D eigenvalue weighted by Gasteiger charge is -2.18. The Kier molecular flexibility index (Phi) is 4.68. The zero-order chi connectivity index (χ0) is 13.7. The summed E-state index contributed by atoms with van der Waals surface area (Å²) in [5.74, 6) is -0.933. The van der Waals surface area contributed by atoms with Crippen LogP contribution in [0.4, 0.5) is 4.39 Å². The number of esters is 1. The number of hydrogen-bond acceptors (Lipinski definition) is 2. The summed E-state index contributed by atoms with van der Waals surface area (Å²) in [6.45, 7) is 0. The molecule has 2 rings (SSSR count). The Morgan fingerprint density at radius 1 is 0.947 bits per heavy atom. The van der Waals surface area contributed by atoms with E-state index >= 15 is 0 Å². The van der Waals surface area contributed by atoms with E-state index in [4.69, 9.17) is 4.74 Å². The Balaban J connectivity index is 2.32. The number of halogens is 2. The van der Waals surface area contributed by atoms with Crippen molar-refractivity contribution in [2.24, 2.45) is 0 Å². The molecule has 0 N–H and O–H groups in total. The lowest BCUT2D eigenvalue weighted by molar-refractivity contribution is -0.149. The predicted molar refractivity (Wildman–Crippen MR) is 74.6 cm³/mol. The topological polar surface area (TPSA) is 26.3 Å². The van der Waals surface area contributed by atoms with E-state index in [2.05, 4.69) is 15.9 Å². The highest BCUT2D eigenvalue weighted by Gasteiger charge is 2.23. The van der Waals surface area contributed by atoms with E-state index in [1.165, 1.54) is 0 Å². The van der Waals surface area contributed by atoms with Crippen LogP contribution in [0.3, 0.4) is 0 Å². The summed E-state index contributed by atoms with van der Waals surface area (Å²) in [6.07, 6.45) is -0.606. The third kappa shape index (κ3) is 3.64. The molecule has 0 aliphatic heterocycles. The molecule has 4 heteroatoms. The van der Waals surface area contributed by atoms with Gasteiger partial charge < -0.3 is 4.74 Å². The van der Waals surface area contributed by atoms with E-state index < -0.39 is 17.2 Å². The smallest absolute Gasteiger partial charge is 0.352 e. The lowest BCUT2D eigenvalue weighted by atomic mass is 10.0. The normalized spacial score (nSPS) is 12.2. The van der Waals surface area contributed by atoms with Crippen molar-refractivity contribution in [3.05, 3.63) is 71.8 Å². The number of carbonyl (C=O) groups excluding carboxylic acids is 1. The molecule has 0 bridgehead atoms. The molecule has 0 spiro atoms. The molecule has 0 radical (unpaired) electrons. The van der Waals surface area contributed by atoms with Crippen LogP contribution in [0.1, 0.15) is 17.2 Å². The zero-order valence-corrected chi connectivity index (χ0v) is 11.6. The predicted octanol–water partition coefficient (Wildman–Crippen LogP) is 4.01. The third-order valence-corrected chi connectivity index (χ3v) is 2.99. The van der Waals surface area contributed by atoms with Crippen LogP contribution in [0, 0.1) is 0 Å². The van der Waals surface area contributed by atoms with Crippen LogP contribution in [0.25, 0.3) is 0 Å². The minimum atomic E-state index is -1.82. The summed E-state index contributed by atoms with van der Waals surface area (Å²) in [7, 11) is 0. The van der Waals surface area contributed by atoms with Gasteiger partial charge >= 0.3 is 5.97 Å². The Morgan fingerprint density at radius 3 is 1.74 bits per heavy atom. The summed E-state index contributed by atoms with van der Waals surface area (Å²) >= 11 is 2.57. The molecule has 0 saturated carbocycles. The van der Waals surface area contributed by atoms with Gasteiger partial charge in [-0.3, -0.25) is 0 Å². The van der Waals surface area contributed by atoms with Gasteiger partial charge in [0.1, 0.15) is 0 Å². The van der Waals surface area contributed by atoms with Gasteiger partial charge in [0.25, 0.3) is 5.08 Å². The molecule has 1 atom stereocenters. The fourth-order valence-electron chi connectivity index (χ4n) is 1.75. The van der Waals surface area contributed by atoms with Crippen LogP contribution in [0.15, 0.2) is 60.7 Å². The Morgan fingerprint density at radius 2 is 1.37 bits per heavy atom. The first-order valence-corrected chi connectivity index (χ1v) is 6.68. The number of carbonyl (C=O) groups is 1. The molecule has 0 heterocycles. The molecule has 2 aromatic rings. The van der Waals surface area contributed by atoms with Crippen LogP contribution in [-0.4, -0.2) is 11.1 Å². The summed E-state index contributed by atoms with van der Waals surface area (Å²) in [5.41, 5.74) is 1.60. The molecular formula is C15H12BrFO2. The largest absolute Gasteiger partial charge is 0.450 e. The second kappa shape index (κ2) is 6.48. The van der Waals surface area contributed by atoms with Crippen LogP contribution < -0.4 is 0 Å². The molecule has 0 aliphatic carbocycles. The van der Waals surface area contributed by atoms with E-state index in [1.54, 1.807) is 0 Å². The van der Waals surface area contributed by atoms with Gasteiger partial charge in [-0.25, -0.2) is 9.18 Å². The van der Waals surface area contributed by atoms with Gasteiger partial charge in [-0.05, 0) is 27.1 Å². The highest BCUT2D eigenvalue weighted by atomic mass is 79.9. The van der Waals surface area contributed by atoms with Crippen molar-refractivity contribution in [2.75, 3.05) is 0 Å². The second-order valence-electron chi connectivity index (χ2n) is 3.94. The number of benzene rings is 2. The molecule has 0 amide bonds. The highest BCUT2D eigenvalue weighted by molar-refractivity contribution is 9.09. The molecule has 19 heavy (non-hydrogen) atoms. The van der Waals surface area contributed by atoms with Crippen LogP contribution >= 0.6 is 15.9 Å². The third-order valence-electron chi connectivity index (χ3n) is 2.62. The van der Waals surface area contributed by atoms with E-state index in [-0.39, 0.29) is 0 Å². The minimum Gasteiger partial charge on any atom is -0.450 e. The van der Waals surface area contributed by atoms with Crippen molar-refractivity contribution >= 4 is 21.9 Å². The Bertz CT molecular complexity index is 489. The fourth-order valence-corrected chi connectivity index (χ4v) is 1.86. The monoisotopic (exact) mass is 322 g/mol. The van der Waals surface area contributed by atoms with Crippen LogP contribution in [0.2, 0.25) is 0 Å². The summed E-state index contributed by atoms with van der Waals surface area (Å²) < 4.78 is 18.2. The Hall–Kier alpha value is -1.68. The van der Waals surface area contributed by atoms with E-state index in [0.29, 0.717) is 0 Å². The van der Waals surface area contributed by atoms with Gasteiger partial charge in [-0.15, -0.1) is 0 Å². The van der Waals surface area contributed by atoms with Gasteiger partial charge in [0.05, 0.1) is 0 Å². The standard InChI is InChI=1S/C15H12BrFO2/c16-14(17)15(18)19-13(11-7-3-1-4-8-11)12-9-5-2-6-10-12/h1-10,13-14H/t14-/m0/s1. The van der Waals surface area contributed by atoms with Gasteiger partial charge in [0, 0.05) is 0 Å². The van der Waals surface area contributed by atoms with Crippen molar-refractivity contribution in [1.82, 2.24) is 0 Å². The van der Waals surface area contributed by atoms with E-state index in [0.717, 1.165) is 11.1 Å². The van der Waals surface area contributed by atoms with E-state index in [9.17, 15) is 9.18 Å². The zero-order valence-electron chi connectivity index (χ0n) is 10.0. The molecule has 98 valence electrons. The number of hydrogen-bond donors (Lipinski definition) is 0. The molecular weight excluding hydrogens is 311 g/mol. The number of alkyl halides is 2. The van der Waals surface area contributed by atoms with Crippen molar-refractivity contribution in [2.45, 2.75) is 11.2 Å². The van der Waals surface area contributed by atoms with E-state index in [1.807, 2.05) is 60.7 Å². The first-order valence-electron chi connectivity index (χ1n) is 5.77. The molecule has 2 nitrogen and oxygen atoms in total.